The van der Waals surface area contributed by atoms with E-state index in [0.717, 1.165) is 31.4 Å². The summed E-state index contributed by atoms with van der Waals surface area (Å²) in [5.41, 5.74) is -0.480. The van der Waals surface area contributed by atoms with Crippen LogP contribution in [0.5, 0.6) is 5.88 Å². The first-order chi connectivity index (χ1) is 15.6. The van der Waals surface area contributed by atoms with Gasteiger partial charge in [-0.3, -0.25) is 14.9 Å². The van der Waals surface area contributed by atoms with Crippen LogP contribution in [0.15, 0.2) is 54.1 Å². The first-order valence-electron chi connectivity index (χ1n) is 9.02. The quantitative estimate of drug-likeness (QED) is 0.171. The van der Waals surface area contributed by atoms with Crippen molar-refractivity contribution in [1.82, 2.24) is 14.9 Å². The minimum atomic E-state index is -1.91. The third-order valence-electron chi connectivity index (χ3n) is 4.47. The Labute approximate surface area is 184 Å². The zero-order chi connectivity index (χ0) is 24.3. The largest absolute Gasteiger partial charge is 0.871 e. The lowest BCUT2D eigenvalue weighted by atomic mass is 10.0. The van der Waals surface area contributed by atoms with Crippen molar-refractivity contribution in [1.29, 1.82) is 0 Å². The van der Waals surface area contributed by atoms with Crippen molar-refractivity contribution in [3.63, 3.8) is 0 Å². The second kappa shape index (κ2) is 9.01. The van der Waals surface area contributed by atoms with Gasteiger partial charge in [0, 0.05) is 30.0 Å². The number of benzene rings is 2. The van der Waals surface area contributed by atoms with E-state index in [0.29, 0.717) is 0 Å². The summed E-state index contributed by atoms with van der Waals surface area (Å²) >= 11 is 0. The zero-order valence-electron chi connectivity index (χ0n) is 16.7. The Bertz CT molecular complexity index is 1280. The first kappa shape index (κ1) is 22.7. The van der Waals surface area contributed by atoms with Gasteiger partial charge in [-0.25, -0.2) is 4.98 Å². The molecule has 172 valence electrons. The number of ether oxygens (including phenoxy) is 1. The van der Waals surface area contributed by atoms with E-state index in [1.807, 2.05) is 0 Å². The Balaban J connectivity index is 2.05. The number of methoxy groups -OCH3 is 1. The molecule has 1 aromatic rings. The standard InChI is InChI=1S/C19H16N5O9/c1-33-19(28)14(16(25)18(27)20-9-2-4-10(5-3-9)23(29)30)15-17(26)22-13-8-11(24(31)32)6-7-12(13)21-15/h2-8,14,20,22H,1H3,(H3-,21,25,26,27,31,32)/q-1/p-1. The highest BCUT2D eigenvalue weighted by atomic mass is 16.8. The number of aliphatic hydroxyl groups excluding tert-OH is 1. The first-order valence-corrected chi connectivity index (χ1v) is 9.02. The molecule has 3 rings (SSSR count). The normalized spacial score (nSPS) is 12.5. The van der Waals surface area contributed by atoms with Gasteiger partial charge in [-0.05, 0) is 24.0 Å². The summed E-state index contributed by atoms with van der Waals surface area (Å²) in [6, 6.07) is 8.18. The van der Waals surface area contributed by atoms with Gasteiger partial charge in [-0.2, -0.15) is 4.90 Å². The van der Waals surface area contributed by atoms with Crippen LogP contribution in [0.25, 0.3) is 11.4 Å². The highest BCUT2D eigenvalue weighted by Gasteiger charge is 2.29. The lowest BCUT2D eigenvalue weighted by molar-refractivity contribution is -0.384. The minimum absolute atomic E-state index is 0.0544. The number of carbonyl (C=O) groups excluding carboxylic acids is 1. The number of nitro groups is 1. The van der Waals surface area contributed by atoms with E-state index in [1.54, 1.807) is 0 Å². The number of fused-ring (bicyclic) bond motifs is 1. The number of aromatic hydroxyl groups is 1. The second-order valence-corrected chi connectivity index (χ2v) is 6.53. The molecule has 1 atom stereocenters. The number of H-pyrrole nitrogens is 1. The molecule has 0 radical (unpaired) electrons. The number of nitrogens with zero attached hydrogens (tertiary/aromatic N) is 3. The molecule has 1 aromatic carbocycles. The molecular formula is C19H15N5O9-2. The minimum Gasteiger partial charge on any atom is -0.871 e. The maximum absolute atomic E-state index is 12.8. The zero-order valence-corrected chi connectivity index (χ0v) is 16.7. The molecule has 1 heterocycles. The Morgan fingerprint density at radius 3 is 2.42 bits per heavy atom. The van der Waals surface area contributed by atoms with Gasteiger partial charge in [-0.15, -0.1) is 0 Å². The molecule has 0 saturated heterocycles. The number of carbonyl (C=O) groups is 1. The van der Waals surface area contributed by atoms with Crippen LogP contribution in [0.1, 0.15) is 11.6 Å². The molecule has 14 heteroatoms. The van der Waals surface area contributed by atoms with E-state index in [4.69, 9.17) is 0 Å². The molecule has 1 unspecified atom stereocenters. The topological polar surface area (TPSA) is 223 Å². The van der Waals surface area contributed by atoms with Crippen LogP contribution in [-0.4, -0.2) is 38.2 Å². The fourth-order valence-electron chi connectivity index (χ4n) is 2.87. The summed E-state index contributed by atoms with van der Waals surface area (Å²) in [5, 5.41) is 68.0. The number of nitro benzene ring substituents is 1. The summed E-state index contributed by atoms with van der Waals surface area (Å²) < 4.78 is 4.61. The summed E-state index contributed by atoms with van der Waals surface area (Å²) in [6.45, 7) is 0. The van der Waals surface area contributed by atoms with Crippen LogP contribution in [0.4, 0.5) is 11.4 Å². The number of hydrogen-bond donors (Lipinski definition) is 4. The van der Waals surface area contributed by atoms with Crippen molar-refractivity contribution in [3.8, 4) is 17.3 Å². The van der Waals surface area contributed by atoms with Gasteiger partial charge in [0.1, 0.15) is 11.6 Å². The molecule has 0 fully saturated rings. The maximum Gasteiger partial charge on any atom is 0.318 e. The predicted molar refractivity (Wildman–Crippen MR) is 110 cm³/mol. The van der Waals surface area contributed by atoms with Crippen molar-refractivity contribution in [2.45, 2.75) is 5.92 Å². The van der Waals surface area contributed by atoms with Crippen LogP contribution >= 0.6 is 0 Å². The van der Waals surface area contributed by atoms with Gasteiger partial charge in [0.15, 0.2) is 5.88 Å². The number of rotatable bonds is 6. The summed E-state index contributed by atoms with van der Waals surface area (Å²) in [7, 11) is 0.981. The van der Waals surface area contributed by atoms with Crippen molar-refractivity contribution in [2.75, 3.05) is 12.4 Å². The van der Waals surface area contributed by atoms with E-state index in [1.165, 1.54) is 18.2 Å². The average molecular weight is 457 g/mol. The number of hydrogen-bond acceptors (Lipinski definition) is 11. The summed E-state index contributed by atoms with van der Waals surface area (Å²) in [4.78, 5) is 28.2. The number of non-ortho nitro benzene ring substituents is 1. The Hall–Kier alpha value is -5.01. The van der Waals surface area contributed by atoms with Gasteiger partial charge in [-0.1, -0.05) is 0 Å². The SMILES string of the molecule is COC(=O)C(C([O-])=C(O)Nc1ccc([N+](=O)[O-])cc1)c1nc2ccc(=[N+]([O-])[O-])cc-2[nH]c1O. The Kier molecular flexibility index (Phi) is 6.19. The molecule has 4 N–H and O–H groups in total. The number of esters is 1. The van der Waals surface area contributed by atoms with Gasteiger partial charge < -0.3 is 40.8 Å². The van der Waals surface area contributed by atoms with Crippen molar-refractivity contribution in [3.05, 3.63) is 85.7 Å². The second-order valence-electron chi connectivity index (χ2n) is 6.53. The maximum atomic E-state index is 12.8. The van der Waals surface area contributed by atoms with Crippen LogP contribution in [0.3, 0.4) is 0 Å². The fourth-order valence-corrected chi connectivity index (χ4v) is 2.87. The molecule has 0 saturated carbocycles. The van der Waals surface area contributed by atoms with Crippen molar-refractivity contribution >= 4 is 17.3 Å². The van der Waals surface area contributed by atoms with E-state index in [-0.39, 0.29) is 28.1 Å². The van der Waals surface area contributed by atoms with Crippen LogP contribution in [-0.2, 0) is 9.53 Å². The van der Waals surface area contributed by atoms with Crippen molar-refractivity contribution in [2.24, 2.45) is 0 Å². The van der Waals surface area contributed by atoms with E-state index in [2.05, 4.69) is 20.0 Å². The Morgan fingerprint density at radius 1 is 1.18 bits per heavy atom. The molecule has 0 spiro atoms. The third-order valence-corrected chi connectivity index (χ3v) is 4.47. The van der Waals surface area contributed by atoms with E-state index < -0.39 is 44.9 Å². The number of nitrogens with one attached hydrogen (secondary N) is 2. The lowest BCUT2D eigenvalue weighted by Gasteiger charge is -2.25. The number of anilines is 1. The summed E-state index contributed by atoms with van der Waals surface area (Å²) in [6.07, 6.45) is 0. The molecule has 0 bridgehead atoms. The molecule has 2 aliphatic rings. The van der Waals surface area contributed by atoms with Crippen LogP contribution < -0.4 is 20.7 Å². The molecule has 1 aliphatic heterocycles. The van der Waals surface area contributed by atoms with E-state index in [9.17, 15) is 40.6 Å². The number of aromatic nitrogens is 2. The molecule has 0 amide bonds. The fraction of sp³-hybridized carbons (Fsp3) is 0.105. The predicted octanol–water partition coefficient (Wildman–Crippen LogP) is 0.352. The van der Waals surface area contributed by atoms with Gasteiger partial charge in [0.25, 0.3) is 5.69 Å². The molecule has 0 aromatic heterocycles. The Morgan fingerprint density at radius 2 is 1.85 bits per heavy atom. The lowest BCUT2D eigenvalue weighted by Crippen LogP contribution is -2.28. The third kappa shape index (κ3) is 4.68. The monoisotopic (exact) mass is 457 g/mol. The molecular weight excluding hydrogens is 442 g/mol. The molecule has 33 heavy (non-hydrogen) atoms. The highest BCUT2D eigenvalue weighted by molar-refractivity contribution is 5.82. The van der Waals surface area contributed by atoms with Gasteiger partial charge >= 0.3 is 5.97 Å². The van der Waals surface area contributed by atoms with Crippen LogP contribution in [0.2, 0.25) is 0 Å². The molecule has 14 nitrogen and oxygen atoms in total. The number of aromatic amines is 1. The number of aliphatic hydroxyl groups is 1. The summed E-state index contributed by atoms with van der Waals surface area (Å²) in [5.74, 6) is -6.07. The smallest absolute Gasteiger partial charge is 0.318 e. The van der Waals surface area contributed by atoms with Gasteiger partial charge in [0.05, 0.1) is 23.4 Å². The average Bonchev–Trinajstić information content (AvgIpc) is 2.79. The highest BCUT2D eigenvalue weighted by Crippen LogP contribution is 2.32. The molecule has 1 aliphatic carbocycles. The van der Waals surface area contributed by atoms with Crippen LogP contribution in [0, 0.1) is 20.5 Å². The van der Waals surface area contributed by atoms with Gasteiger partial charge in [0.2, 0.25) is 11.2 Å². The van der Waals surface area contributed by atoms with E-state index >= 15 is 0 Å². The van der Waals surface area contributed by atoms with Crippen molar-refractivity contribution < 1.29 is 29.8 Å².